The Morgan fingerprint density at radius 1 is 1.13 bits per heavy atom. The lowest BCUT2D eigenvalue weighted by atomic mass is 9.66. The van der Waals surface area contributed by atoms with Crippen LogP contribution in [0.4, 0.5) is 0 Å². The average Bonchev–Trinajstić information content (AvgIpc) is 2.94. The van der Waals surface area contributed by atoms with E-state index in [2.05, 4.69) is 0 Å². The topological polar surface area (TPSA) is 82.1 Å². The first kappa shape index (κ1) is 23.3. The minimum absolute atomic E-state index is 0.0436. The monoisotopic (exact) mass is 430 g/mol. The zero-order valence-electron chi connectivity index (χ0n) is 19.3. The Hall–Kier alpha value is -2.34. The molecule has 2 aliphatic rings. The lowest BCUT2D eigenvalue weighted by Crippen LogP contribution is -2.53. The largest absolute Gasteiger partial charge is 0.497 e. The van der Waals surface area contributed by atoms with Crippen LogP contribution in [0.15, 0.2) is 35.9 Å². The number of benzene rings is 1. The first-order chi connectivity index (χ1) is 14.5. The van der Waals surface area contributed by atoms with Gasteiger partial charge in [0.05, 0.1) is 18.3 Å². The van der Waals surface area contributed by atoms with Crippen molar-refractivity contribution in [1.82, 2.24) is 0 Å². The molecule has 0 bridgehead atoms. The molecule has 1 aromatic carbocycles. The van der Waals surface area contributed by atoms with Crippen LogP contribution in [0.25, 0.3) is 0 Å². The minimum Gasteiger partial charge on any atom is -0.497 e. The summed E-state index contributed by atoms with van der Waals surface area (Å²) in [5.74, 6) is -0.556. The highest BCUT2D eigenvalue weighted by molar-refractivity contribution is 5.89. The highest BCUT2D eigenvalue weighted by Crippen LogP contribution is 2.58. The van der Waals surface area contributed by atoms with Gasteiger partial charge in [0.25, 0.3) is 0 Å². The van der Waals surface area contributed by atoms with Gasteiger partial charge in [-0.2, -0.15) is 0 Å². The van der Waals surface area contributed by atoms with Crippen LogP contribution in [0, 0.1) is 17.3 Å². The highest BCUT2D eigenvalue weighted by Gasteiger charge is 2.63. The summed E-state index contributed by atoms with van der Waals surface area (Å²) < 4.78 is 16.9. The first-order valence-electron chi connectivity index (χ1n) is 10.9. The Bertz CT molecular complexity index is 857. The second-order valence-corrected chi connectivity index (χ2v) is 9.55. The second-order valence-electron chi connectivity index (χ2n) is 9.55. The Morgan fingerprint density at radius 2 is 1.77 bits per heavy atom. The van der Waals surface area contributed by atoms with Crippen molar-refractivity contribution in [3.63, 3.8) is 0 Å². The second kappa shape index (κ2) is 8.65. The van der Waals surface area contributed by atoms with Gasteiger partial charge in [-0.25, -0.2) is 4.79 Å². The van der Waals surface area contributed by atoms with Gasteiger partial charge < -0.3 is 19.3 Å². The van der Waals surface area contributed by atoms with E-state index in [1.165, 1.54) is 6.92 Å². The van der Waals surface area contributed by atoms with Crippen molar-refractivity contribution in [3.05, 3.63) is 41.5 Å². The summed E-state index contributed by atoms with van der Waals surface area (Å²) >= 11 is 0. The van der Waals surface area contributed by atoms with E-state index in [1.807, 2.05) is 33.8 Å². The molecule has 0 aliphatic heterocycles. The van der Waals surface area contributed by atoms with E-state index < -0.39 is 29.2 Å². The molecule has 6 nitrogen and oxygen atoms in total. The van der Waals surface area contributed by atoms with E-state index in [1.54, 1.807) is 31.4 Å². The number of fused-ring (bicyclic) bond motifs is 1. The summed E-state index contributed by atoms with van der Waals surface area (Å²) in [4.78, 5) is 24.9. The van der Waals surface area contributed by atoms with Crippen LogP contribution >= 0.6 is 0 Å². The van der Waals surface area contributed by atoms with Gasteiger partial charge in [0, 0.05) is 24.7 Å². The lowest BCUT2D eigenvalue weighted by molar-refractivity contribution is -0.161. The third-order valence-corrected chi connectivity index (χ3v) is 7.17. The number of carbonyl (C=O) groups excluding carboxylic acids is 2. The molecular weight excluding hydrogens is 396 g/mol. The number of hydrogen-bond donors (Lipinski definition) is 1. The van der Waals surface area contributed by atoms with Gasteiger partial charge in [0.2, 0.25) is 0 Å². The summed E-state index contributed by atoms with van der Waals surface area (Å²) in [5, 5.41) is 11.7. The first-order valence-corrected chi connectivity index (χ1v) is 10.9. The summed E-state index contributed by atoms with van der Waals surface area (Å²) in [5.41, 5.74) is -0.180. The zero-order chi connectivity index (χ0) is 23.0. The molecule has 1 fully saturated rings. The van der Waals surface area contributed by atoms with Crippen LogP contribution in [-0.4, -0.2) is 42.0 Å². The van der Waals surface area contributed by atoms with Gasteiger partial charge in [0.15, 0.2) is 0 Å². The lowest BCUT2D eigenvalue weighted by Gasteiger charge is -2.45. The Kier molecular flexibility index (Phi) is 6.51. The van der Waals surface area contributed by atoms with Crippen molar-refractivity contribution < 1.29 is 28.9 Å². The van der Waals surface area contributed by atoms with E-state index >= 15 is 0 Å². The summed E-state index contributed by atoms with van der Waals surface area (Å²) in [6.45, 7) is 9.36. The molecule has 1 saturated carbocycles. The molecule has 5 atom stereocenters. The number of esters is 2. The van der Waals surface area contributed by atoms with E-state index in [-0.39, 0.29) is 17.8 Å². The SMILES string of the molecule is COc1ccc(C(=O)OC2CC(C)=CC(OC(C)=O)C3(C)CCC(O)(C(C)C)C23)cc1. The third kappa shape index (κ3) is 4.36. The van der Waals surface area contributed by atoms with Crippen LogP contribution in [0.1, 0.15) is 64.2 Å². The van der Waals surface area contributed by atoms with E-state index in [4.69, 9.17) is 14.2 Å². The van der Waals surface area contributed by atoms with Crippen molar-refractivity contribution in [3.8, 4) is 5.75 Å². The maximum atomic E-state index is 13.0. The molecule has 0 spiro atoms. The quantitative estimate of drug-likeness (QED) is 0.554. The molecule has 6 heteroatoms. The molecule has 2 aliphatic carbocycles. The van der Waals surface area contributed by atoms with Gasteiger partial charge >= 0.3 is 11.9 Å². The van der Waals surface area contributed by atoms with Crippen molar-refractivity contribution in [1.29, 1.82) is 0 Å². The molecule has 3 rings (SSSR count). The zero-order valence-corrected chi connectivity index (χ0v) is 19.3. The van der Waals surface area contributed by atoms with Gasteiger partial charge in [-0.15, -0.1) is 0 Å². The molecule has 0 saturated heterocycles. The molecule has 1 N–H and O–H groups in total. The molecule has 5 unspecified atom stereocenters. The van der Waals surface area contributed by atoms with Crippen LogP contribution in [-0.2, 0) is 14.3 Å². The Morgan fingerprint density at radius 3 is 2.32 bits per heavy atom. The van der Waals surface area contributed by atoms with Gasteiger partial charge in [-0.05, 0) is 56.0 Å². The van der Waals surface area contributed by atoms with Crippen LogP contribution < -0.4 is 4.74 Å². The molecule has 170 valence electrons. The maximum absolute atomic E-state index is 13.0. The number of carbonyl (C=O) groups is 2. The number of rotatable bonds is 5. The molecule has 0 amide bonds. The van der Waals surface area contributed by atoms with Crippen LogP contribution in [0.5, 0.6) is 5.75 Å². The fourth-order valence-corrected chi connectivity index (χ4v) is 5.41. The van der Waals surface area contributed by atoms with Gasteiger partial charge in [0.1, 0.15) is 18.0 Å². The summed E-state index contributed by atoms with van der Waals surface area (Å²) in [6.07, 6.45) is 2.66. The summed E-state index contributed by atoms with van der Waals surface area (Å²) in [7, 11) is 1.57. The smallest absolute Gasteiger partial charge is 0.338 e. The minimum atomic E-state index is -1.03. The number of hydrogen-bond acceptors (Lipinski definition) is 6. The van der Waals surface area contributed by atoms with Crippen LogP contribution in [0.3, 0.4) is 0 Å². The fourth-order valence-electron chi connectivity index (χ4n) is 5.41. The van der Waals surface area contributed by atoms with Crippen molar-refractivity contribution in [2.75, 3.05) is 7.11 Å². The molecule has 1 aromatic rings. The fraction of sp³-hybridized carbons (Fsp3) is 0.600. The predicted octanol–water partition coefficient (Wildman–Crippen LogP) is 4.31. The number of ether oxygens (including phenoxy) is 3. The average molecular weight is 431 g/mol. The predicted molar refractivity (Wildman–Crippen MR) is 117 cm³/mol. The normalized spacial score (nSPS) is 32.6. The van der Waals surface area contributed by atoms with Crippen molar-refractivity contribution >= 4 is 11.9 Å². The molecule has 0 heterocycles. The summed E-state index contributed by atoms with van der Waals surface area (Å²) in [6, 6.07) is 6.78. The Labute approximate surface area is 184 Å². The Balaban J connectivity index is 1.98. The highest BCUT2D eigenvalue weighted by atomic mass is 16.6. The molecule has 0 radical (unpaired) electrons. The molecule has 31 heavy (non-hydrogen) atoms. The molecular formula is C25H34O6. The van der Waals surface area contributed by atoms with Crippen molar-refractivity contribution in [2.24, 2.45) is 17.3 Å². The third-order valence-electron chi connectivity index (χ3n) is 7.17. The van der Waals surface area contributed by atoms with E-state index in [0.29, 0.717) is 30.6 Å². The van der Waals surface area contributed by atoms with Gasteiger partial charge in [-0.3, -0.25) is 4.79 Å². The maximum Gasteiger partial charge on any atom is 0.338 e. The van der Waals surface area contributed by atoms with E-state index in [9.17, 15) is 14.7 Å². The van der Waals surface area contributed by atoms with Gasteiger partial charge in [-0.1, -0.05) is 26.3 Å². The van der Waals surface area contributed by atoms with E-state index in [0.717, 1.165) is 5.57 Å². The number of aliphatic hydroxyl groups is 1. The molecule has 0 aromatic heterocycles. The van der Waals surface area contributed by atoms with Crippen LogP contribution in [0.2, 0.25) is 0 Å². The number of methoxy groups -OCH3 is 1. The van der Waals surface area contributed by atoms with Crippen molar-refractivity contribution in [2.45, 2.75) is 71.7 Å². The standard InChI is InChI=1S/C25H34O6/c1-15(2)25(28)12-11-24(5)21(30-17(4)26)14-16(3)13-20(22(24)25)31-23(27)18-7-9-19(29-6)10-8-18/h7-10,14-15,20-22,28H,11-13H2,1-6H3.